The van der Waals surface area contributed by atoms with Gasteiger partial charge in [0.2, 0.25) is 10.0 Å². The summed E-state index contributed by atoms with van der Waals surface area (Å²) < 4.78 is 60.1. The third kappa shape index (κ3) is 4.21. The molecule has 0 bridgehead atoms. The molecule has 0 amide bonds. The number of sulfonamides is 1. The molecule has 0 aromatic heterocycles. The molecule has 24 heavy (non-hydrogen) atoms. The second-order valence-corrected chi connectivity index (χ2v) is 6.95. The fraction of sp³-hybridized carbons (Fsp3) is 0.250. The lowest BCUT2D eigenvalue weighted by molar-refractivity contribution is -0.0498. The van der Waals surface area contributed by atoms with Gasteiger partial charge in [-0.25, -0.2) is 8.42 Å². The van der Waals surface area contributed by atoms with E-state index in [2.05, 4.69) is 4.74 Å². The highest BCUT2D eigenvalue weighted by molar-refractivity contribution is 7.89. The molecule has 0 saturated carbocycles. The largest absolute Gasteiger partial charge is 0.495 e. The van der Waals surface area contributed by atoms with Crippen LogP contribution in [-0.4, -0.2) is 33.5 Å². The van der Waals surface area contributed by atoms with Crippen LogP contribution in [0.1, 0.15) is 5.56 Å². The maximum atomic E-state index is 12.7. The van der Waals surface area contributed by atoms with Gasteiger partial charge in [-0.15, -0.1) is 0 Å². The van der Waals surface area contributed by atoms with E-state index in [0.717, 1.165) is 4.31 Å². The molecule has 2 aromatic carbocycles. The Labute approximate surface area is 139 Å². The first-order valence-electron chi connectivity index (χ1n) is 6.97. The zero-order chi connectivity index (χ0) is 17.7. The van der Waals surface area contributed by atoms with E-state index in [1.54, 1.807) is 18.2 Å². The Bertz CT molecular complexity index is 779. The maximum absolute atomic E-state index is 12.7. The van der Waals surface area contributed by atoms with Crippen LogP contribution < -0.4 is 9.47 Å². The highest BCUT2D eigenvalue weighted by Gasteiger charge is 2.24. The molecule has 0 aliphatic heterocycles. The normalized spacial score (nSPS) is 11.8. The first-order valence-corrected chi connectivity index (χ1v) is 8.41. The number of nitrogens with zero attached hydrogens (tertiary/aromatic N) is 1. The molecular weight excluding hydrogens is 340 g/mol. The summed E-state index contributed by atoms with van der Waals surface area (Å²) in [5, 5.41) is 0. The van der Waals surface area contributed by atoms with E-state index in [1.165, 1.54) is 44.5 Å². The molecule has 0 aliphatic rings. The van der Waals surface area contributed by atoms with E-state index in [9.17, 15) is 17.2 Å². The summed E-state index contributed by atoms with van der Waals surface area (Å²) >= 11 is 0. The Morgan fingerprint density at radius 3 is 2.29 bits per heavy atom. The van der Waals surface area contributed by atoms with Crippen LogP contribution in [0.5, 0.6) is 11.5 Å². The van der Waals surface area contributed by atoms with Gasteiger partial charge in [-0.05, 0) is 29.8 Å². The zero-order valence-corrected chi connectivity index (χ0v) is 14.0. The summed E-state index contributed by atoms with van der Waals surface area (Å²) in [7, 11) is -0.917. The van der Waals surface area contributed by atoms with E-state index >= 15 is 0 Å². The van der Waals surface area contributed by atoms with Gasteiger partial charge in [0.25, 0.3) is 0 Å². The number of alkyl halides is 2. The van der Waals surface area contributed by atoms with Crippen LogP contribution in [0.3, 0.4) is 0 Å². The van der Waals surface area contributed by atoms with Crippen LogP contribution in [0, 0.1) is 0 Å². The van der Waals surface area contributed by atoms with Crippen molar-refractivity contribution in [2.45, 2.75) is 18.1 Å². The minimum absolute atomic E-state index is 0.0176. The number of methoxy groups -OCH3 is 1. The monoisotopic (exact) mass is 357 g/mol. The summed E-state index contributed by atoms with van der Waals surface area (Å²) in [6, 6.07) is 12.1. The lowest BCUT2D eigenvalue weighted by atomic mass is 10.2. The number of hydrogen-bond donors (Lipinski definition) is 0. The lowest BCUT2D eigenvalue weighted by Crippen LogP contribution is -2.26. The molecule has 0 radical (unpaired) electrons. The van der Waals surface area contributed by atoms with Gasteiger partial charge < -0.3 is 9.47 Å². The minimum atomic E-state index is -3.75. The van der Waals surface area contributed by atoms with Crippen molar-refractivity contribution < 1.29 is 26.7 Å². The molecule has 130 valence electrons. The molecule has 0 N–H and O–H groups in total. The molecule has 0 unspecified atom stereocenters. The number of benzene rings is 2. The highest BCUT2D eigenvalue weighted by Crippen LogP contribution is 2.26. The average Bonchev–Trinajstić information content (AvgIpc) is 2.56. The molecule has 0 spiro atoms. The first kappa shape index (κ1) is 18.2. The van der Waals surface area contributed by atoms with Gasteiger partial charge in [-0.1, -0.05) is 24.3 Å². The summed E-state index contributed by atoms with van der Waals surface area (Å²) in [5.74, 6) is 0.272. The van der Waals surface area contributed by atoms with Crippen LogP contribution >= 0.6 is 0 Å². The summed E-state index contributed by atoms with van der Waals surface area (Å²) in [6.45, 7) is -2.82. The lowest BCUT2D eigenvalue weighted by Gasteiger charge is -2.19. The van der Waals surface area contributed by atoms with Crippen LogP contribution in [-0.2, 0) is 16.6 Å². The molecule has 0 atom stereocenters. The molecule has 2 aromatic rings. The number of rotatable bonds is 7. The van der Waals surface area contributed by atoms with E-state index in [1.807, 2.05) is 0 Å². The first-order chi connectivity index (χ1) is 11.3. The second-order valence-electron chi connectivity index (χ2n) is 4.93. The van der Waals surface area contributed by atoms with Crippen molar-refractivity contribution >= 4 is 10.0 Å². The van der Waals surface area contributed by atoms with Crippen LogP contribution in [0.25, 0.3) is 0 Å². The summed E-state index contributed by atoms with van der Waals surface area (Å²) in [4.78, 5) is 0.0626. The molecule has 5 nitrogen and oxygen atoms in total. The number of para-hydroxylation sites is 1. The Morgan fingerprint density at radius 1 is 1.08 bits per heavy atom. The van der Waals surface area contributed by atoms with Crippen molar-refractivity contribution in [3.63, 3.8) is 0 Å². The van der Waals surface area contributed by atoms with Crippen LogP contribution in [0.2, 0.25) is 0 Å². The number of hydrogen-bond acceptors (Lipinski definition) is 4. The van der Waals surface area contributed by atoms with Crippen molar-refractivity contribution in [1.29, 1.82) is 0 Å². The van der Waals surface area contributed by atoms with Crippen LogP contribution in [0.4, 0.5) is 8.78 Å². The van der Waals surface area contributed by atoms with Gasteiger partial charge in [0.1, 0.15) is 16.4 Å². The quantitative estimate of drug-likeness (QED) is 0.764. The molecule has 0 heterocycles. The van der Waals surface area contributed by atoms with Crippen molar-refractivity contribution in [3.05, 3.63) is 54.1 Å². The average molecular weight is 357 g/mol. The van der Waals surface area contributed by atoms with Crippen molar-refractivity contribution in [2.24, 2.45) is 0 Å². The van der Waals surface area contributed by atoms with E-state index < -0.39 is 16.6 Å². The van der Waals surface area contributed by atoms with E-state index in [0.29, 0.717) is 5.56 Å². The Hall–Kier alpha value is -2.19. The number of halogens is 2. The van der Waals surface area contributed by atoms with Gasteiger partial charge in [-0.2, -0.15) is 13.1 Å². The topological polar surface area (TPSA) is 55.8 Å². The Kier molecular flexibility index (Phi) is 5.74. The molecule has 0 aliphatic carbocycles. The molecule has 8 heteroatoms. The van der Waals surface area contributed by atoms with Gasteiger partial charge >= 0.3 is 6.61 Å². The van der Waals surface area contributed by atoms with E-state index in [-0.39, 0.29) is 22.9 Å². The maximum Gasteiger partial charge on any atom is 0.387 e. The van der Waals surface area contributed by atoms with Crippen LogP contribution in [0.15, 0.2) is 53.4 Å². The zero-order valence-electron chi connectivity index (χ0n) is 13.1. The highest BCUT2D eigenvalue weighted by atomic mass is 32.2. The van der Waals surface area contributed by atoms with Gasteiger partial charge in [0, 0.05) is 13.6 Å². The molecular formula is C16H17F2NO4S. The third-order valence-electron chi connectivity index (χ3n) is 3.31. The van der Waals surface area contributed by atoms with Gasteiger partial charge in [0.15, 0.2) is 0 Å². The predicted octanol–water partition coefficient (Wildman–Crippen LogP) is 3.12. The number of ether oxygens (including phenoxy) is 2. The third-order valence-corrected chi connectivity index (χ3v) is 5.15. The second kappa shape index (κ2) is 7.59. The van der Waals surface area contributed by atoms with E-state index in [4.69, 9.17) is 4.74 Å². The molecule has 2 rings (SSSR count). The van der Waals surface area contributed by atoms with Crippen molar-refractivity contribution in [3.8, 4) is 11.5 Å². The van der Waals surface area contributed by atoms with Crippen molar-refractivity contribution in [2.75, 3.05) is 14.2 Å². The standard InChI is InChI=1S/C16H17F2NO4S/c1-19(11-12-7-9-13(10-8-12)23-16(17)18)24(20,21)15-6-4-3-5-14(15)22-2/h3-10,16H,11H2,1-2H3. The summed E-state index contributed by atoms with van der Waals surface area (Å²) in [6.07, 6.45) is 0. The molecule has 0 fully saturated rings. The Balaban J connectivity index is 2.17. The SMILES string of the molecule is COc1ccccc1S(=O)(=O)N(C)Cc1ccc(OC(F)F)cc1. The van der Waals surface area contributed by atoms with Gasteiger partial charge in [0.05, 0.1) is 7.11 Å². The fourth-order valence-corrected chi connectivity index (χ4v) is 3.43. The molecule has 0 saturated heterocycles. The van der Waals surface area contributed by atoms with Crippen molar-refractivity contribution in [1.82, 2.24) is 4.31 Å². The predicted molar refractivity (Wildman–Crippen MR) is 84.7 cm³/mol. The van der Waals surface area contributed by atoms with Gasteiger partial charge in [-0.3, -0.25) is 0 Å². The Morgan fingerprint density at radius 2 is 1.71 bits per heavy atom. The minimum Gasteiger partial charge on any atom is -0.495 e. The smallest absolute Gasteiger partial charge is 0.387 e. The summed E-state index contributed by atoms with van der Waals surface area (Å²) in [5.41, 5.74) is 0.637. The fourth-order valence-electron chi connectivity index (χ4n) is 2.12.